The van der Waals surface area contributed by atoms with Crippen LogP contribution >= 0.6 is 0 Å². The summed E-state index contributed by atoms with van der Waals surface area (Å²) in [5.74, 6) is 0. The summed E-state index contributed by atoms with van der Waals surface area (Å²) in [5.41, 5.74) is 11.3. The lowest BCUT2D eigenvalue weighted by molar-refractivity contribution is 0.734. The van der Waals surface area contributed by atoms with E-state index in [0.717, 1.165) is 6.42 Å². The summed E-state index contributed by atoms with van der Waals surface area (Å²) in [6, 6.07) is 4.75. The summed E-state index contributed by atoms with van der Waals surface area (Å²) >= 11 is 0. The highest BCUT2D eigenvalue weighted by atomic mass is 14.6. The van der Waals surface area contributed by atoms with Gasteiger partial charge in [-0.1, -0.05) is 12.1 Å². The van der Waals surface area contributed by atoms with Crippen molar-refractivity contribution >= 4 is 0 Å². The van der Waals surface area contributed by atoms with Gasteiger partial charge in [-0.25, -0.2) is 0 Å². The van der Waals surface area contributed by atoms with E-state index < -0.39 is 0 Å². The Morgan fingerprint density at radius 2 is 1.62 bits per heavy atom. The lowest BCUT2D eigenvalue weighted by atomic mass is 9.97. The van der Waals surface area contributed by atoms with Crippen LogP contribution in [0.3, 0.4) is 0 Å². The molecule has 0 bridgehead atoms. The molecule has 1 nitrogen and oxygen atoms in total. The number of rotatable bonds is 2. The monoisotopic (exact) mass is 177 g/mol. The molecule has 1 atom stereocenters. The summed E-state index contributed by atoms with van der Waals surface area (Å²) in [6.45, 7) is 8.51. The van der Waals surface area contributed by atoms with E-state index in [1.54, 1.807) is 0 Å². The predicted octanol–water partition coefficient (Wildman–Crippen LogP) is 2.50. The Bertz CT molecular complexity index is 300. The van der Waals surface area contributed by atoms with Gasteiger partial charge in [0.2, 0.25) is 0 Å². The van der Waals surface area contributed by atoms with Gasteiger partial charge in [-0.2, -0.15) is 0 Å². The summed E-state index contributed by atoms with van der Waals surface area (Å²) in [4.78, 5) is 0. The zero-order valence-corrected chi connectivity index (χ0v) is 9.02. The van der Waals surface area contributed by atoms with Crippen LogP contribution in [0.25, 0.3) is 0 Å². The molecular formula is C12H19N. The average molecular weight is 177 g/mol. The third kappa shape index (κ3) is 2.56. The van der Waals surface area contributed by atoms with Gasteiger partial charge >= 0.3 is 0 Å². The molecule has 0 aliphatic carbocycles. The molecule has 0 fully saturated rings. The Balaban J connectivity index is 3.01. The maximum absolute atomic E-state index is 5.78. The first-order chi connectivity index (χ1) is 6.00. The molecule has 1 heteroatoms. The lowest BCUT2D eigenvalue weighted by Gasteiger charge is -2.11. The number of hydrogen-bond donors (Lipinski definition) is 1. The quantitative estimate of drug-likeness (QED) is 0.738. The second-order valence-corrected chi connectivity index (χ2v) is 4.04. The first-order valence-electron chi connectivity index (χ1n) is 4.83. The third-order valence-corrected chi connectivity index (χ3v) is 2.49. The number of aryl methyl sites for hydroxylation is 3. The van der Waals surface area contributed by atoms with Gasteiger partial charge in [-0.05, 0) is 56.4 Å². The van der Waals surface area contributed by atoms with Gasteiger partial charge in [-0.3, -0.25) is 0 Å². The fraction of sp³-hybridized carbons (Fsp3) is 0.500. The van der Waals surface area contributed by atoms with Crippen LogP contribution in [0.4, 0.5) is 0 Å². The number of nitrogens with two attached hydrogens (primary N) is 1. The van der Waals surface area contributed by atoms with Crippen molar-refractivity contribution in [1.82, 2.24) is 0 Å². The van der Waals surface area contributed by atoms with Crippen LogP contribution in [0, 0.1) is 20.8 Å². The highest BCUT2D eigenvalue weighted by Crippen LogP contribution is 2.16. The number of hydrogen-bond acceptors (Lipinski definition) is 1. The Hall–Kier alpha value is -0.820. The van der Waals surface area contributed by atoms with E-state index in [4.69, 9.17) is 5.73 Å². The topological polar surface area (TPSA) is 26.0 Å². The van der Waals surface area contributed by atoms with E-state index in [9.17, 15) is 0 Å². The second kappa shape index (κ2) is 3.93. The lowest BCUT2D eigenvalue weighted by Crippen LogP contribution is -2.18. The van der Waals surface area contributed by atoms with Crippen LogP contribution in [0.15, 0.2) is 12.1 Å². The normalized spacial score (nSPS) is 13.0. The highest BCUT2D eigenvalue weighted by Gasteiger charge is 2.03. The second-order valence-electron chi connectivity index (χ2n) is 4.04. The van der Waals surface area contributed by atoms with Gasteiger partial charge in [0.15, 0.2) is 0 Å². The van der Waals surface area contributed by atoms with Gasteiger partial charge in [0.25, 0.3) is 0 Å². The first kappa shape index (κ1) is 10.3. The molecule has 0 aromatic heterocycles. The van der Waals surface area contributed by atoms with Gasteiger partial charge in [0, 0.05) is 6.04 Å². The molecule has 0 amide bonds. The van der Waals surface area contributed by atoms with Gasteiger partial charge in [0.1, 0.15) is 0 Å². The Morgan fingerprint density at radius 1 is 1.08 bits per heavy atom. The van der Waals surface area contributed by atoms with Crippen molar-refractivity contribution in [3.05, 3.63) is 34.4 Å². The smallest absolute Gasteiger partial charge is 0.00510 e. The van der Waals surface area contributed by atoms with Gasteiger partial charge in [-0.15, -0.1) is 0 Å². The standard InChI is InChI=1S/C12H19N/c1-8-5-10(3)12(6-9(8)2)7-11(4)13/h5-6,11H,7,13H2,1-4H3/t11-/m1/s1. The van der Waals surface area contributed by atoms with Crippen LogP contribution in [0.1, 0.15) is 29.2 Å². The predicted molar refractivity (Wildman–Crippen MR) is 58.0 cm³/mol. The van der Waals surface area contributed by atoms with Crippen LogP contribution < -0.4 is 5.73 Å². The Kier molecular flexibility index (Phi) is 3.10. The van der Waals surface area contributed by atoms with Crippen LogP contribution in [0.5, 0.6) is 0 Å². The molecule has 0 spiro atoms. The molecule has 0 aliphatic heterocycles. The van der Waals surface area contributed by atoms with Crippen LogP contribution in [0.2, 0.25) is 0 Å². The van der Waals surface area contributed by atoms with Crippen molar-refractivity contribution in [1.29, 1.82) is 0 Å². The molecule has 72 valence electrons. The van der Waals surface area contributed by atoms with E-state index in [-0.39, 0.29) is 6.04 Å². The molecule has 1 rings (SSSR count). The van der Waals surface area contributed by atoms with E-state index in [2.05, 4.69) is 39.8 Å². The molecule has 1 aromatic carbocycles. The van der Waals surface area contributed by atoms with Crippen molar-refractivity contribution in [3.63, 3.8) is 0 Å². The maximum Gasteiger partial charge on any atom is 0.00510 e. The zero-order chi connectivity index (χ0) is 10.0. The average Bonchev–Trinajstić information content (AvgIpc) is 1.99. The number of benzene rings is 1. The van der Waals surface area contributed by atoms with Crippen LogP contribution in [-0.2, 0) is 6.42 Å². The molecule has 0 aliphatic rings. The summed E-state index contributed by atoms with van der Waals surface area (Å²) in [6.07, 6.45) is 0.979. The molecule has 0 heterocycles. The van der Waals surface area contributed by atoms with Crippen molar-refractivity contribution in [3.8, 4) is 0 Å². The van der Waals surface area contributed by atoms with E-state index in [1.807, 2.05) is 0 Å². The molecule has 2 N–H and O–H groups in total. The molecule has 0 radical (unpaired) electrons. The fourth-order valence-corrected chi connectivity index (χ4v) is 1.59. The fourth-order valence-electron chi connectivity index (χ4n) is 1.59. The van der Waals surface area contributed by atoms with Crippen LogP contribution in [-0.4, -0.2) is 6.04 Å². The summed E-state index contributed by atoms with van der Waals surface area (Å²) in [7, 11) is 0. The van der Waals surface area contributed by atoms with Gasteiger partial charge in [0.05, 0.1) is 0 Å². The molecule has 0 unspecified atom stereocenters. The van der Waals surface area contributed by atoms with E-state index in [1.165, 1.54) is 22.3 Å². The minimum atomic E-state index is 0.251. The Labute approximate surface area is 81.0 Å². The molecule has 13 heavy (non-hydrogen) atoms. The molecule has 0 saturated heterocycles. The molecule has 1 aromatic rings. The first-order valence-corrected chi connectivity index (χ1v) is 4.83. The van der Waals surface area contributed by atoms with E-state index in [0.29, 0.717) is 0 Å². The summed E-state index contributed by atoms with van der Waals surface area (Å²) < 4.78 is 0. The Morgan fingerprint density at radius 3 is 2.15 bits per heavy atom. The minimum absolute atomic E-state index is 0.251. The van der Waals surface area contributed by atoms with E-state index >= 15 is 0 Å². The van der Waals surface area contributed by atoms with Gasteiger partial charge < -0.3 is 5.73 Å². The molecular weight excluding hydrogens is 158 g/mol. The maximum atomic E-state index is 5.78. The highest BCUT2D eigenvalue weighted by molar-refractivity contribution is 5.36. The molecule has 0 saturated carbocycles. The minimum Gasteiger partial charge on any atom is -0.328 e. The zero-order valence-electron chi connectivity index (χ0n) is 9.02. The van der Waals surface area contributed by atoms with Crippen molar-refractivity contribution in [2.24, 2.45) is 5.73 Å². The summed E-state index contributed by atoms with van der Waals surface area (Å²) in [5, 5.41) is 0. The van der Waals surface area contributed by atoms with Crippen molar-refractivity contribution in [2.45, 2.75) is 40.2 Å². The largest absolute Gasteiger partial charge is 0.328 e. The van der Waals surface area contributed by atoms with Crippen molar-refractivity contribution < 1.29 is 0 Å². The third-order valence-electron chi connectivity index (χ3n) is 2.49. The van der Waals surface area contributed by atoms with Crippen molar-refractivity contribution in [2.75, 3.05) is 0 Å². The SMILES string of the molecule is Cc1cc(C)c(C[C@@H](C)N)cc1C.